The maximum atomic E-state index is 13.6. The molecule has 2 rings (SSSR count). The lowest BCUT2D eigenvalue weighted by atomic mass is 10.2. The van der Waals surface area contributed by atoms with E-state index in [0.29, 0.717) is 27.5 Å². The van der Waals surface area contributed by atoms with E-state index in [1.807, 2.05) is 0 Å². The molecule has 0 fully saturated rings. The molecule has 3 nitrogen and oxygen atoms in total. The van der Waals surface area contributed by atoms with Crippen molar-refractivity contribution in [1.29, 1.82) is 0 Å². The summed E-state index contributed by atoms with van der Waals surface area (Å²) in [5.74, 6) is -0.00190. The van der Waals surface area contributed by atoms with Crippen molar-refractivity contribution in [3.05, 3.63) is 35.1 Å². The first-order chi connectivity index (χ1) is 7.76. The third-order valence-corrected chi connectivity index (χ3v) is 2.99. The topological polar surface area (TPSA) is 39.2 Å². The zero-order chi connectivity index (χ0) is 11.5. The molecule has 0 radical (unpaired) electrons. The molecule has 0 amide bonds. The molecule has 0 aliphatic carbocycles. The number of carbonyl (C=O) groups is 1. The van der Waals surface area contributed by atoms with E-state index in [4.69, 9.17) is 4.74 Å². The Morgan fingerprint density at radius 3 is 2.94 bits per heavy atom. The summed E-state index contributed by atoms with van der Waals surface area (Å²) in [6, 6.07) is 4.55. The van der Waals surface area contributed by atoms with Crippen LogP contribution in [0.15, 0.2) is 24.4 Å². The molecule has 0 bridgehead atoms. The van der Waals surface area contributed by atoms with Crippen molar-refractivity contribution < 1.29 is 13.9 Å². The predicted octanol–water partition coefficient (Wildman–Crippen LogP) is 2.77. The average Bonchev–Trinajstić information content (AvgIpc) is 2.76. The quantitative estimate of drug-likeness (QED) is 0.770. The molecule has 0 saturated heterocycles. The molecule has 0 spiro atoms. The van der Waals surface area contributed by atoms with Gasteiger partial charge in [-0.25, -0.2) is 9.37 Å². The number of nitrogens with zero attached hydrogens (tertiary/aromatic N) is 1. The monoisotopic (exact) mass is 237 g/mol. The second-order valence-corrected chi connectivity index (χ2v) is 4.06. The first-order valence-corrected chi connectivity index (χ1v) is 5.31. The van der Waals surface area contributed by atoms with Gasteiger partial charge in [-0.15, -0.1) is 11.3 Å². The van der Waals surface area contributed by atoms with Crippen molar-refractivity contribution in [2.45, 2.75) is 0 Å². The van der Waals surface area contributed by atoms with Gasteiger partial charge in [-0.2, -0.15) is 0 Å². The van der Waals surface area contributed by atoms with Crippen molar-refractivity contribution in [3.8, 4) is 16.3 Å². The lowest BCUT2D eigenvalue weighted by Crippen LogP contribution is -1.90. The second-order valence-electron chi connectivity index (χ2n) is 3.00. The van der Waals surface area contributed by atoms with Crippen LogP contribution >= 0.6 is 11.3 Å². The Kier molecular flexibility index (Phi) is 2.96. The number of hydrogen-bond acceptors (Lipinski definition) is 4. The van der Waals surface area contributed by atoms with Gasteiger partial charge in [0, 0.05) is 6.20 Å². The molecule has 0 N–H and O–H groups in total. The second kappa shape index (κ2) is 4.40. The highest BCUT2D eigenvalue weighted by atomic mass is 32.1. The molecular formula is C11H8FNO2S. The summed E-state index contributed by atoms with van der Waals surface area (Å²) in [4.78, 5) is 15.0. The minimum atomic E-state index is -0.411. The Labute approximate surface area is 95.5 Å². The Balaban J connectivity index is 2.57. The van der Waals surface area contributed by atoms with Crippen LogP contribution in [0.2, 0.25) is 0 Å². The summed E-state index contributed by atoms with van der Waals surface area (Å²) < 4.78 is 18.7. The molecule has 82 valence electrons. The Hall–Kier alpha value is -1.75. The van der Waals surface area contributed by atoms with Crippen molar-refractivity contribution in [2.75, 3.05) is 7.11 Å². The number of halogens is 1. The van der Waals surface area contributed by atoms with Crippen LogP contribution < -0.4 is 4.74 Å². The number of benzene rings is 1. The number of carbonyl (C=O) groups excluding carboxylic acids is 1. The number of aldehydes is 1. The SMILES string of the molecule is COc1cccc(F)c1-c1ncc(C=O)s1. The zero-order valence-electron chi connectivity index (χ0n) is 8.44. The fourth-order valence-corrected chi connectivity index (χ4v) is 2.12. The summed E-state index contributed by atoms with van der Waals surface area (Å²) in [7, 11) is 1.46. The third-order valence-electron chi connectivity index (χ3n) is 2.05. The van der Waals surface area contributed by atoms with E-state index in [0.717, 1.165) is 11.3 Å². The van der Waals surface area contributed by atoms with Gasteiger partial charge in [-0.1, -0.05) is 6.07 Å². The first-order valence-electron chi connectivity index (χ1n) is 4.50. The highest BCUT2D eigenvalue weighted by Crippen LogP contribution is 2.34. The highest BCUT2D eigenvalue weighted by Gasteiger charge is 2.14. The van der Waals surface area contributed by atoms with Crippen LogP contribution in [0.3, 0.4) is 0 Å². The first kappa shape index (κ1) is 10.8. The van der Waals surface area contributed by atoms with E-state index in [1.54, 1.807) is 12.1 Å². The zero-order valence-corrected chi connectivity index (χ0v) is 9.25. The van der Waals surface area contributed by atoms with E-state index in [1.165, 1.54) is 19.4 Å². The molecule has 5 heteroatoms. The lowest BCUT2D eigenvalue weighted by molar-refractivity contribution is 0.112. The largest absolute Gasteiger partial charge is 0.496 e. The molecule has 0 aliphatic heterocycles. The maximum Gasteiger partial charge on any atom is 0.161 e. The maximum absolute atomic E-state index is 13.6. The standard InChI is InChI=1S/C11H8FNO2S/c1-15-9-4-2-3-8(12)10(9)11-13-5-7(6-14)16-11/h2-6H,1H3. The molecule has 1 heterocycles. The summed E-state index contributed by atoms with van der Waals surface area (Å²) in [5, 5.41) is 0.442. The fourth-order valence-electron chi connectivity index (χ4n) is 1.34. The fraction of sp³-hybridized carbons (Fsp3) is 0.0909. The van der Waals surface area contributed by atoms with Gasteiger partial charge in [0.15, 0.2) is 6.29 Å². The molecule has 0 unspecified atom stereocenters. The van der Waals surface area contributed by atoms with Crippen LogP contribution in [0.1, 0.15) is 9.67 Å². The van der Waals surface area contributed by atoms with Crippen LogP contribution in [0, 0.1) is 5.82 Å². The van der Waals surface area contributed by atoms with Gasteiger partial charge in [-0.05, 0) is 12.1 Å². The normalized spacial score (nSPS) is 10.1. The van der Waals surface area contributed by atoms with E-state index >= 15 is 0 Å². The number of ether oxygens (including phenoxy) is 1. The molecule has 16 heavy (non-hydrogen) atoms. The summed E-state index contributed by atoms with van der Waals surface area (Å²) in [5.41, 5.74) is 0.295. The van der Waals surface area contributed by atoms with E-state index in [9.17, 15) is 9.18 Å². The third kappa shape index (κ3) is 1.81. The van der Waals surface area contributed by atoms with E-state index < -0.39 is 5.82 Å². The summed E-state index contributed by atoms with van der Waals surface area (Å²) >= 11 is 1.13. The Morgan fingerprint density at radius 2 is 2.31 bits per heavy atom. The van der Waals surface area contributed by atoms with Crippen LogP contribution in [0.5, 0.6) is 5.75 Å². The molecule has 0 atom stereocenters. The lowest BCUT2D eigenvalue weighted by Gasteiger charge is -2.06. The van der Waals surface area contributed by atoms with Crippen molar-refractivity contribution >= 4 is 17.6 Å². The van der Waals surface area contributed by atoms with E-state index in [-0.39, 0.29) is 0 Å². The van der Waals surface area contributed by atoms with Gasteiger partial charge in [0.25, 0.3) is 0 Å². The number of methoxy groups -OCH3 is 1. The molecule has 1 aromatic heterocycles. The molecule has 0 saturated carbocycles. The molecule has 0 aliphatic rings. The van der Waals surface area contributed by atoms with Crippen molar-refractivity contribution in [2.24, 2.45) is 0 Å². The van der Waals surface area contributed by atoms with Crippen molar-refractivity contribution in [1.82, 2.24) is 4.98 Å². The number of thiazole rings is 1. The van der Waals surface area contributed by atoms with Crippen molar-refractivity contribution in [3.63, 3.8) is 0 Å². The smallest absolute Gasteiger partial charge is 0.161 e. The average molecular weight is 237 g/mol. The summed E-state index contributed by atoms with van der Waals surface area (Å²) in [6.45, 7) is 0. The number of hydrogen-bond donors (Lipinski definition) is 0. The van der Waals surface area contributed by atoms with Crippen LogP contribution in [0.25, 0.3) is 10.6 Å². The van der Waals surface area contributed by atoms with Gasteiger partial charge in [-0.3, -0.25) is 4.79 Å². The molecular weight excluding hydrogens is 229 g/mol. The Morgan fingerprint density at radius 1 is 1.50 bits per heavy atom. The van der Waals surface area contributed by atoms with Crippen LogP contribution in [-0.4, -0.2) is 18.4 Å². The van der Waals surface area contributed by atoms with Crippen LogP contribution in [-0.2, 0) is 0 Å². The minimum Gasteiger partial charge on any atom is -0.496 e. The number of rotatable bonds is 3. The molecule has 1 aromatic carbocycles. The number of aromatic nitrogens is 1. The minimum absolute atomic E-state index is 0.295. The van der Waals surface area contributed by atoms with Gasteiger partial charge in [0.05, 0.1) is 17.6 Å². The highest BCUT2D eigenvalue weighted by molar-refractivity contribution is 7.16. The predicted molar refractivity (Wildman–Crippen MR) is 59.4 cm³/mol. The van der Waals surface area contributed by atoms with Gasteiger partial charge in [0.2, 0.25) is 0 Å². The Bertz CT molecular complexity index is 524. The van der Waals surface area contributed by atoms with Gasteiger partial charge >= 0.3 is 0 Å². The molecule has 2 aromatic rings. The van der Waals surface area contributed by atoms with Gasteiger partial charge < -0.3 is 4.74 Å². The van der Waals surface area contributed by atoms with Crippen LogP contribution in [0.4, 0.5) is 4.39 Å². The van der Waals surface area contributed by atoms with E-state index in [2.05, 4.69) is 4.98 Å². The van der Waals surface area contributed by atoms with Gasteiger partial charge in [0.1, 0.15) is 16.6 Å². The summed E-state index contributed by atoms with van der Waals surface area (Å²) in [6.07, 6.45) is 2.10.